The summed E-state index contributed by atoms with van der Waals surface area (Å²) in [6, 6.07) is 8.21. The number of hydrogen-bond acceptors (Lipinski definition) is 2. The normalized spacial score (nSPS) is 12.8. The van der Waals surface area contributed by atoms with Crippen LogP contribution in [0.5, 0.6) is 0 Å². The SMILES string of the molecule is CCCC(Cc1ccc2cc[nH]c2c1)N=O. The van der Waals surface area contributed by atoms with Gasteiger partial charge in [0.2, 0.25) is 0 Å². The highest BCUT2D eigenvalue weighted by Crippen LogP contribution is 2.17. The Balaban J connectivity index is 2.16. The van der Waals surface area contributed by atoms with Gasteiger partial charge in [-0.3, -0.25) is 0 Å². The third kappa shape index (κ3) is 2.30. The minimum Gasteiger partial charge on any atom is -0.361 e. The lowest BCUT2D eigenvalue weighted by molar-refractivity contribution is 0.599. The molecule has 0 spiro atoms. The number of rotatable bonds is 5. The van der Waals surface area contributed by atoms with Gasteiger partial charge in [-0.15, -0.1) is 0 Å². The molecular weight excluding hydrogens is 200 g/mol. The van der Waals surface area contributed by atoms with Gasteiger partial charge in [-0.1, -0.05) is 30.7 Å². The molecule has 0 amide bonds. The molecule has 3 nitrogen and oxygen atoms in total. The number of hydrogen-bond donors (Lipinski definition) is 1. The Kier molecular flexibility index (Phi) is 3.34. The quantitative estimate of drug-likeness (QED) is 0.762. The smallest absolute Gasteiger partial charge is 0.0959 e. The molecule has 1 aromatic heterocycles. The van der Waals surface area contributed by atoms with Crippen LogP contribution in [0, 0.1) is 4.91 Å². The highest BCUT2D eigenvalue weighted by Gasteiger charge is 2.09. The molecule has 3 heteroatoms. The van der Waals surface area contributed by atoms with Gasteiger partial charge in [-0.2, -0.15) is 4.91 Å². The van der Waals surface area contributed by atoms with Crippen LogP contribution in [-0.4, -0.2) is 11.0 Å². The van der Waals surface area contributed by atoms with E-state index in [2.05, 4.69) is 35.3 Å². The topological polar surface area (TPSA) is 45.2 Å². The van der Waals surface area contributed by atoms with Crippen molar-refractivity contribution in [3.63, 3.8) is 0 Å². The number of benzene rings is 1. The minimum atomic E-state index is -0.0857. The zero-order chi connectivity index (χ0) is 11.4. The van der Waals surface area contributed by atoms with E-state index in [4.69, 9.17) is 0 Å². The van der Waals surface area contributed by atoms with Gasteiger partial charge in [0.1, 0.15) is 0 Å². The molecule has 1 unspecified atom stereocenters. The Hall–Kier alpha value is -1.64. The zero-order valence-corrected chi connectivity index (χ0v) is 9.44. The van der Waals surface area contributed by atoms with Gasteiger partial charge < -0.3 is 4.98 Å². The average Bonchev–Trinajstić information content (AvgIpc) is 2.75. The predicted octanol–water partition coefficient (Wildman–Crippen LogP) is 3.65. The summed E-state index contributed by atoms with van der Waals surface area (Å²) in [4.78, 5) is 13.8. The van der Waals surface area contributed by atoms with Crippen LogP contribution >= 0.6 is 0 Å². The molecule has 0 fully saturated rings. The molecule has 1 heterocycles. The lowest BCUT2D eigenvalue weighted by atomic mass is 10.0. The van der Waals surface area contributed by atoms with Crippen LogP contribution in [-0.2, 0) is 6.42 Å². The zero-order valence-electron chi connectivity index (χ0n) is 9.44. The van der Waals surface area contributed by atoms with Crippen molar-refractivity contribution in [3.8, 4) is 0 Å². The second-order valence-electron chi connectivity index (χ2n) is 4.15. The van der Waals surface area contributed by atoms with E-state index in [0.29, 0.717) is 0 Å². The third-order valence-corrected chi connectivity index (χ3v) is 2.86. The second-order valence-corrected chi connectivity index (χ2v) is 4.15. The number of fused-ring (bicyclic) bond motifs is 1. The Labute approximate surface area is 94.8 Å². The van der Waals surface area contributed by atoms with Gasteiger partial charge in [-0.05, 0) is 35.9 Å². The Bertz CT molecular complexity index is 475. The monoisotopic (exact) mass is 216 g/mol. The van der Waals surface area contributed by atoms with Gasteiger partial charge in [0.05, 0.1) is 6.04 Å². The van der Waals surface area contributed by atoms with Crippen molar-refractivity contribution >= 4 is 10.9 Å². The fraction of sp³-hybridized carbons (Fsp3) is 0.385. The summed E-state index contributed by atoms with van der Waals surface area (Å²) in [5.74, 6) is 0. The summed E-state index contributed by atoms with van der Waals surface area (Å²) in [7, 11) is 0. The molecule has 0 saturated heterocycles. The van der Waals surface area contributed by atoms with Crippen LogP contribution in [0.3, 0.4) is 0 Å². The first-order valence-electron chi connectivity index (χ1n) is 5.72. The molecule has 0 aliphatic carbocycles. The van der Waals surface area contributed by atoms with E-state index in [1.165, 1.54) is 10.9 Å². The number of aromatic nitrogens is 1. The van der Waals surface area contributed by atoms with E-state index in [9.17, 15) is 4.91 Å². The molecule has 0 aliphatic heterocycles. The fourth-order valence-corrected chi connectivity index (χ4v) is 2.02. The molecule has 16 heavy (non-hydrogen) atoms. The minimum absolute atomic E-state index is 0.0857. The summed E-state index contributed by atoms with van der Waals surface area (Å²) in [6.07, 6.45) is 4.54. The summed E-state index contributed by atoms with van der Waals surface area (Å²) in [6.45, 7) is 2.08. The predicted molar refractivity (Wildman–Crippen MR) is 66.5 cm³/mol. The Morgan fingerprint density at radius 3 is 3.00 bits per heavy atom. The van der Waals surface area contributed by atoms with Crippen molar-refractivity contribution in [2.45, 2.75) is 32.2 Å². The molecule has 0 radical (unpaired) electrons. The van der Waals surface area contributed by atoms with Crippen LogP contribution in [0.1, 0.15) is 25.3 Å². The Morgan fingerprint density at radius 2 is 2.25 bits per heavy atom. The van der Waals surface area contributed by atoms with Gasteiger partial charge in [0.25, 0.3) is 0 Å². The number of nitrogens with zero attached hydrogens (tertiary/aromatic N) is 1. The van der Waals surface area contributed by atoms with Crippen molar-refractivity contribution < 1.29 is 0 Å². The van der Waals surface area contributed by atoms with Gasteiger partial charge >= 0.3 is 0 Å². The van der Waals surface area contributed by atoms with Crippen molar-refractivity contribution in [1.82, 2.24) is 4.98 Å². The summed E-state index contributed by atoms with van der Waals surface area (Å²) < 4.78 is 0. The summed E-state index contributed by atoms with van der Waals surface area (Å²) in [5.41, 5.74) is 2.30. The van der Waals surface area contributed by atoms with Crippen molar-refractivity contribution in [1.29, 1.82) is 0 Å². The molecule has 84 valence electrons. The first-order chi connectivity index (χ1) is 7.83. The molecule has 2 aromatic rings. The molecule has 1 aromatic carbocycles. The largest absolute Gasteiger partial charge is 0.361 e. The first kappa shape index (κ1) is 10.9. The lowest BCUT2D eigenvalue weighted by Gasteiger charge is -2.07. The van der Waals surface area contributed by atoms with E-state index < -0.39 is 0 Å². The first-order valence-corrected chi connectivity index (χ1v) is 5.72. The van der Waals surface area contributed by atoms with Crippen molar-refractivity contribution in [2.24, 2.45) is 5.18 Å². The van der Waals surface area contributed by atoms with Crippen LogP contribution < -0.4 is 0 Å². The second kappa shape index (κ2) is 4.92. The molecule has 0 aliphatic rings. The average molecular weight is 216 g/mol. The molecule has 1 atom stereocenters. The third-order valence-electron chi connectivity index (χ3n) is 2.86. The number of nitrogens with one attached hydrogen (secondary N) is 1. The van der Waals surface area contributed by atoms with E-state index in [1.54, 1.807) is 0 Å². The van der Waals surface area contributed by atoms with Crippen molar-refractivity contribution in [3.05, 3.63) is 40.9 Å². The van der Waals surface area contributed by atoms with Crippen molar-refractivity contribution in [2.75, 3.05) is 0 Å². The molecule has 0 saturated carbocycles. The van der Waals surface area contributed by atoms with Crippen LogP contribution in [0.2, 0.25) is 0 Å². The fourth-order valence-electron chi connectivity index (χ4n) is 2.02. The standard InChI is InChI=1S/C13H16N2O/c1-2-3-12(15-16)8-10-4-5-11-6-7-14-13(11)9-10/h4-7,9,12,14H,2-3,8H2,1H3. The van der Waals surface area contributed by atoms with Crippen LogP contribution in [0.4, 0.5) is 0 Å². The number of nitroso groups, excluding NO2 is 1. The van der Waals surface area contributed by atoms with Gasteiger partial charge in [0, 0.05) is 11.7 Å². The Morgan fingerprint density at radius 1 is 1.38 bits per heavy atom. The van der Waals surface area contributed by atoms with E-state index in [0.717, 1.165) is 24.8 Å². The van der Waals surface area contributed by atoms with E-state index >= 15 is 0 Å². The molecule has 0 bridgehead atoms. The molecule has 1 N–H and O–H groups in total. The molecule has 2 rings (SSSR count). The molecular formula is C13H16N2O. The number of aromatic amines is 1. The lowest BCUT2D eigenvalue weighted by Crippen LogP contribution is -2.07. The maximum atomic E-state index is 10.7. The highest BCUT2D eigenvalue weighted by atomic mass is 16.3. The maximum absolute atomic E-state index is 10.7. The maximum Gasteiger partial charge on any atom is 0.0959 e. The van der Waals surface area contributed by atoms with Crippen LogP contribution in [0.15, 0.2) is 35.6 Å². The van der Waals surface area contributed by atoms with Crippen LogP contribution in [0.25, 0.3) is 10.9 Å². The van der Waals surface area contributed by atoms with E-state index in [-0.39, 0.29) is 6.04 Å². The van der Waals surface area contributed by atoms with E-state index in [1.807, 2.05) is 12.3 Å². The number of H-pyrrole nitrogens is 1. The van der Waals surface area contributed by atoms with Gasteiger partial charge in [0.15, 0.2) is 0 Å². The van der Waals surface area contributed by atoms with Gasteiger partial charge in [-0.25, -0.2) is 0 Å². The summed E-state index contributed by atoms with van der Waals surface area (Å²) in [5, 5.41) is 4.38. The summed E-state index contributed by atoms with van der Waals surface area (Å²) >= 11 is 0. The highest BCUT2D eigenvalue weighted by molar-refractivity contribution is 5.79.